The summed E-state index contributed by atoms with van der Waals surface area (Å²) in [6.45, 7) is 1.78. The van der Waals surface area contributed by atoms with E-state index in [-0.39, 0.29) is 17.3 Å². The smallest absolute Gasteiger partial charge is 0.255 e. The lowest BCUT2D eigenvalue weighted by Gasteiger charge is -2.15. The molecule has 0 spiro atoms. The normalized spacial score (nSPS) is 12.3. The molecule has 2 aromatic carbocycles. The maximum atomic E-state index is 12.5. The highest BCUT2D eigenvalue weighted by Gasteiger charge is 2.18. The highest BCUT2D eigenvalue weighted by molar-refractivity contribution is 7.89. The molecule has 1 unspecified atom stereocenters. The molecule has 1 aromatic heterocycles. The topological polar surface area (TPSA) is 114 Å². The number of aryl methyl sites for hydroxylation is 1. The predicted molar refractivity (Wildman–Crippen MR) is 112 cm³/mol. The Bertz CT molecular complexity index is 1080. The van der Waals surface area contributed by atoms with Gasteiger partial charge in [-0.25, -0.2) is 13.1 Å². The lowest BCUT2D eigenvalue weighted by Crippen LogP contribution is -2.32. The Morgan fingerprint density at radius 3 is 2.34 bits per heavy atom. The second-order valence-corrected chi connectivity index (χ2v) is 8.27. The van der Waals surface area contributed by atoms with E-state index in [1.54, 1.807) is 80.0 Å². The van der Waals surface area contributed by atoms with Crippen molar-refractivity contribution in [1.29, 1.82) is 0 Å². The monoisotopic (exact) mass is 410 g/mol. The van der Waals surface area contributed by atoms with Crippen LogP contribution in [-0.4, -0.2) is 25.9 Å². The van der Waals surface area contributed by atoms with Gasteiger partial charge in [0.05, 0.1) is 4.90 Å². The van der Waals surface area contributed by atoms with Crippen LogP contribution in [0.2, 0.25) is 0 Å². The van der Waals surface area contributed by atoms with Crippen molar-refractivity contribution in [3.8, 4) is 0 Å². The van der Waals surface area contributed by atoms with E-state index in [9.17, 15) is 13.2 Å². The molecule has 0 aliphatic carbocycles. The largest absolute Gasteiger partial charge is 0.323 e. The summed E-state index contributed by atoms with van der Waals surface area (Å²) in [6.07, 6.45) is 3.19. The van der Waals surface area contributed by atoms with Crippen molar-refractivity contribution in [3.63, 3.8) is 0 Å². The summed E-state index contributed by atoms with van der Waals surface area (Å²) >= 11 is 0. The molecular formula is C21H22N4O3S. The summed E-state index contributed by atoms with van der Waals surface area (Å²) in [4.78, 5) is 16.4. The Morgan fingerprint density at radius 2 is 1.69 bits per heavy atom. The molecule has 0 saturated carbocycles. The first-order valence-corrected chi connectivity index (χ1v) is 10.5. The number of aromatic nitrogens is 1. The third kappa shape index (κ3) is 5.26. The Kier molecular flexibility index (Phi) is 6.38. The molecule has 150 valence electrons. The third-order valence-corrected chi connectivity index (χ3v) is 6.00. The van der Waals surface area contributed by atoms with Crippen LogP contribution >= 0.6 is 0 Å². The first-order valence-electron chi connectivity index (χ1n) is 8.99. The molecule has 0 aliphatic heterocycles. The minimum atomic E-state index is -3.65. The van der Waals surface area contributed by atoms with Gasteiger partial charge in [0.25, 0.3) is 5.91 Å². The van der Waals surface area contributed by atoms with E-state index in [4.69, 9.17) is 5.73 Å². The maximum absolute atomic E-state index is 12.5. The van der Waals surface area contributed by atoms with Crippen LogP contribution in [0.3, 0.4) is 0 Å². The molecule has 0 saturated heterocycles. The number of hydrogen-bond acceptors (Lipinski definition) is 5. The molecule has 8 heteroatoms. The number of anilines is 1. The van der Waals surface area contributed by atoms with Crippen molar-refractivity contribution < 1.29 is 13.2 Å². The maximum Gasteiger partial charge on any atom is 0.255 e. The van der Waals surface area contributed by atoms with Crippen molar-refractivity contribution in [2.75, 3.05) is 11.9 Å². The molecule has 7 nitrogen and oxygen atoms in total. The number of amides is 1. The van der Waals surface area contributed by atoms with E-state index >= 15 is 0 Å². The third-order valence-electron chi connectivity index (χ3n) is 4.42. The van der Waals surface area contributed by atoms with Crippen molar-refractivity contribution in [1.82, 2.24) is 9.71 Å². The highest BCUT2D eigenvalue weighted by Crippen LogP contribution is 2.16. The van der Waals surface area contributed by atoms with Crippen molar-refractivity contribution in [2.45, 2.75) is 17.9 Å². The average Bonchev–Trinajstić information content (AvgIpc) is 2.73. The first kappa shape index (κ1) is 20.7. The number of carbonyl (C=O) groups excluding carboxylic acids is 1. The van der Waals surface area contributed by atoms with Crippen LogP contribution in [0, 0.1) is 6.92 Å². The quantitative estimate of drug-likeness (QED) is 0.554. The van der Waals surface area contributed by atoms with Gasteiger partial charge in [0.1, 0.15) is 0 Å². The number of benzene rings is 2. The minimum Gasteiger partial charge on any atom is -0.323 e. The number of nitrogens with one attached hydrogen (secondary N) is 2. The Labute approximate surface area is 170 Å². The van der Waals surface area contributed by atoms with E-state index in [2.05, 4.69) is 15.0 Å². The number of carbonyl (C=O) groups is 1. The molecule has 1 heterocycles. The van der Waals surface area contributed by atoms with Crippen LogP contribution in [0.25, 0.3) is 0 Å². The van der Waals surface area contributed by atoms with Gasteiger partial charge in [-0.3, -0.25) is 9.78 Å². The van der Waals surface area contributed by atoms with E-state index in [0.717, 1.165) is 5.56 Å². The van der Waals surface area contributed by atoms with Gasteiger partial charge in [0, 0.05) is 36.2 Å². The second kappa shape index (κ2) is 8.95. The van der Waals surface area contributed by atoms with Crippen LogP contribution in [-0.2, 0) is 10.0 Å². The van der Waals surface area contributed by atoms with Crippen LogP contribution in [0.5, 0.6) is 0 Å². The Morgan fingerprint density at radius 1 is 1.03 bits per heavy atom. The molecule has 29 heavy (non-hydrogen) atoms. The fourth-order valence-electron chi connectivity index (χ4n) is 2.77. The predicted octanol–water partition coefficient (Wildman–Crippen LogP) is 2.62. The number of sulfonamides is 1. The number of hydrogen-bond donors (Lipinski definition) is 3. The van der Waals surface area contributed by atoms with E-state index in [0.29, 0.717) is 16.8 Å². The van der Waals surface area contributed by atoms with Crippen LogP contribution < -0.4 is 15.8 Å². The van der Waals surface area contributed by atoms with Gasteiger partial charge in [-0.15, -0.1) is 0 Å². The molecule has 0 aliphatic rings. The fourth-order valence-corrected chi connectivity index (χ4v) is 4.08. The van der Waals surface area contributed by atoms with Gasteiger partial charge in [-0.05, 0) is 48.4 Å². The van der Waals surface area contributed by atoms with Gasteiger partial charge in [0.15, 0.2) is 0 Å². The lowest BCUT2D eigenvalue weighted by molar-refractivity contribution is 0.102. The second-order valence-electron chi connectivity index (χ2n) is 6.54. The molecule has 4 N–H and O–H groups in total. The molecule has 0 fully saturated rings. The SMILES string of the molecule is Cc1ccccc1S(=O)(=O)NCC(N)c1ccc(C(=O)Nc2ccncc2)cc1. The molecule has 0 bridgehead atoms. The number of nitrogens with two attached hydrogens (primary N) is 1. The summed E-state index contributed by atoms with van der Waals surface area (Å²) < 4.78 is 27.5. The van der Waals surface area contributed by atoms with Gasteiger partial charge >= 0.3 is 0 Å². The van der Waals surface area contributed by atoms with Crippen LogP contribution in [0.4, 0.5) is 5.69 Å². The van der Waals surface area contributed by atoms with Crippen molar-refractivity contribution in [3.05, 3.63) is 89.7 Å². The lowest BCUT2D eigenvalue weighted by atomic mass is 10.1. The molecular weight excluding hydrogens is 388 g/mol. The van der Waals surface area contributed by atoms with Crippen molar-refractivity contribution >= 4 is 21.6 Å². The molecule has 3 aromatic rings. The zero-order chi connectivity index (χ0) is 20.9. The first-order chi connectivity index (χ1) is 13.9. The van der Waals surface area contributed by atoms with E-state index in [1.165, 1.54) is 0 Å². The Hall–Kier alpha value is -3.07. The van der Waals surface area contributed by atoms with Crippen molar-refractivity contribution in [2.24, 2.45) is 5.73 Å². The fraction of sp³-hybridized carbons (Fsp3) is 0.143. The average molecular weight is 410 g/mol. The highest BCUT2D eigenvalue weighted by atomic mass is 32.2. The number of nitrogens with zero attached hydrogens (tertiary/aromatic N) is 1. The van der Waals surface area contributed by atoms with Gasteiger partial charge in [-0.1, -0.05) is 30.3 Å². The summed E-state index contributed by atoms with van der Waals surface area (Å²) in [5.41, 5.74) is 8.64. The summed E-state index contributed by atoms with van der Waals surface area (Å²) in [5, 5.41) is 2.77. The summed E-state index contributed by atoms with van der Waals surface area (Å²) in [6, 6.07) is 16.3. The van der Waals surface area contributed by atoms with Gasteiger partial charge in [-0.2, -0.15) is 0 Å². The Balaban J connectivity index is 1.62. The van der Waals surface area contributed by atoms with Gasteiger partial charge in [0.2, 0.25) is 10.0 Å². The van der Waals surface area contributed by atoms with E-state index < -0.39 is 16.1 Å². The molecule has 0 radical (unpaired) electrons. The minimum absolute atomic E-state index is 0.0409. The molecule has 1 amide bonds. The molecule has 1 atom stereocenters. The summed E-state index contributed by atoms with van der Waals surface area (Å²) in [7, 11) is -3.65. The zero-order valence-corrected chi connectivity index (χ0v) is 16.7. The zero-order valence-electron chi connectivity index (χ0n) is 15.9. The number of rotatable bonds is 7. The van der Waals surface area contributed by atoms with Crippen LogP contribution in [0.15, 0.2) is 78.0 Å². The van der Waals surface area contributed by atoms with Crippen LogP contribution in [0.1, 0.15) is 27.5 Å². The molecule has 3 rings (SSSR count). The summed E-state index contributed by atoms with van der Waals surface area (Å²) in [5.74, 6) is -0.253. The standard InChI is InChI=1S/C21H22N4O3S/c1-15-4-2-3-5-20(15)29(27,28)24-14-19(22)16-6-8-17(9-7-16)21(26)25-18-10-12-23-13-11-18/h2-13,19,24H,14,22H2,1H3,(H,23,25,26). The van der Waals surface area contributed by atoms with Gasteiger partial charge < -0.3 is 11.1 Å². The van der Waals surface area contributed by atoms with E-state index in [1.807, 2.05) is 0 Å². The number of pyridine rings is 1.